The van der Waals surface area contributed by atoms with E-state index < -0.39 is 5.97 Å². The number of carbonyl (C=O) groups is 1. The number of imidazole rings is 1. The van der Waals surface area contributed by atoms with Crippen LogP contribution in [-0.4, -0.2) is 27.3 Å². The van der Waals surface area contributed by atoms with Crippen LogP contribution in [0.1, 0.15) is 22.5 Å². The van der Waals surface area contributed by atoms with Crippen molar-refractivity contribution in [3.05, 3.63) is 17.3 Å². The summed E-state index contributed by atoms with van der Waals surface area (Å²) in [5, 5.41) is 8.90. The van der Waals surface area contributed by atoms with Crippen LogP contribution < -0.4 is 0 Å². The predicted octanol–water partition coefficient (Wildman–Crippen LogP) is 2.55. The minimum atomic E-state index is -0.939. The molecular weight excluding hydrogens is 243 g/mol. The highest BCUT2D eigenvalue weighted by Crippen LogP contribution is 2.48. The Morgan fingerprint density at radius 2 is 2.41 bits per heavy atom. The van der Waals surface area contributed by atoms with Gasteiger partial charge in [-0.05, 0) is 18.9 Å². The summed E-state index contributed by atoms with van der Waals surface area (Å²) in [6.07, 6.45) is 3.47. The average molecular weight is 254 g/mol. The summed E-state index contributed by atoms with van der Waals surface area (Å²) in [4.78, 5) is 16.0. The van der Waals surface area contributed by atoms with Crippen LogP contribution in [0, 0.1) is 5.41 Å². The van der Waals surface area contributed by atoms with Gasteiger partial charge >= 0.3 is 5.97 Å². The molecule has 1 fully saturated rings. The third-order valence-corrected chi connectivity index (χ3v) is 4.29. The maximum absolute atomic E-state index is 12.8. The van der Waals surface area contributed by atoms with Gasteiger partial charge < -0.3 is 9.67 Å². The first-order chi connectivity index (χ1) is 8.13. The van der Waals surface area contributed by atoms with Crippen molar-refractivity contribution < 1.29 is 14.3 Å². The van der Waals surface area contributed by atoms with Crippen molar-refractivity contribution >= 4 is 27.7 Å². The van der Waals surface area contributed by atoms with Crippen LogP contribution >= 0.6 is 11.3 Å². The van der Waals surface area contributed by atoms with Gasteiger partial charge in [0.25, 0.3) is 0 Å². The fourth-order valence-corrected chi connectivity index (χ4v) is 2.80. The Labute approximate surface area is 101 Å². The molecule has 2 heterocycles. The summed E-state index contributed by atoms with van der Waals surface area (Å²) in [5.41, 5.74) is 0.575. The lowest BCUT2D eigenvalue weighted by Crippen LogP contribution is -2.12. The zero-order valence-electron chi connectivity index (χ0n) is 9.02. The van der Waals surface area contributed by atoms with Crippen LogP contribution in [0.3, 0.4) is 0 Å². The van der Waals surface area contributed by atoms with Crippen LogP contribution in [0.5, 0.6) is 0 Å². The third kappa shape index (κ3) is 1.72. The number of halogens is 1. The van der Waals surface area contributed by atoms with Gasteiger partial charge in [-0.1, -0.05) is 0 Å². The molecular formula is C11H11FN2O2S. The van der Waals surface area contributed by atoms with Crippen molar-refractivity contribution in [3.8, 4) is 0 Å². The summed E-state index contributed by atoms with van der Waals surface area (Å²) in [7, 11) is 0. The zero-order valence-corrected chi connectivity index (χ0v) is 9.84. The number of nitrogens with zero attached hydrogens (tertiary/aromatic N) is 2. The fraction of sp³-hybridized carbons (Fsp3) is 0.455. The number of carboxylic acids is 1. The molecule has 1 saturated carbocycles. The Morgan fingerprint density at radius 3 is 3.00 bits per heavy atom. The number of alkyl halides is 1. The van der Waals surface area contributed by atoms with E-state index in [1.165, 1.54) is 0 Å². The smallest absolute Gasteiger partial charge is 0.346 e. The molecule has 90 valence electrons. The summed E-state index contributed by atoms with van der Waals surface area (Å²) in [6.45, 7) is 0.276. The summed E-state index contributed by atoms with van der Waals surface area (Å²) in [6, 6.07) is 1.61. The molecule has 0 aliphatic heterocycles. The maximum atomic E-state index is 12.8. The molecule has 2 aromatic heterocycles. The highest BCUT2D eigenvalue weighted by molar-refractivity contribution is 7.20. The van der Waals surface area contributed by atoms with Crippen molar-refractivity contribution in [2.75, 3.05) is 6.67 Å². The number of carboxylic acid groups (broad SMARTS) is 1. The minimum Gasteiger partial charge on any atom is -0.477 e. The van der Waals surface area contributed by atoms with E-state index in [1.807, 2.05) is 4.57 Å². The summed E-state index contributed by atoms with van der Waals surface area (Å²) >= 11 is 1.15. The Balaban J connectivity index is 1.96. The fourth-order valence-electron chi connectivity index (χ4n) is 1.96. The van der Waals surface area contributed by atoms with Crippen LogP contribution in [0.2, 0.25) is 0 Å². The van der Waals surface area contributed by atoms with Crippen LogP contribution in [-0.2, 0) is 6.54 Å². The van der Waals surface area contributed by atoms with Crippen molar-refractivity contribution in [3.63, 3.8) is 0 Å². The molecule has 0 atom stereocenters. The monoisotopic (exact) mass is 254 g/mol. The highest BCUT2D eigenvalue weighted by atomic mass is 32.1. The van der Waals surface area contributed by atoms with Crippen molar-refractivity contribution in [1.29, 1.82) is 0 Å². The predicted molar refractivity (Wildman–Crippen MR) is 62.2 cm³/mol. The van der Waals surface area contributed by atoms with Gasteiger partial charge in [-0.3, -0.25) is 4.39 Å². The normalized spacial score (nSPS) is 17.5. The van der Waals surface area contributed by atoms with Gasteiger partial charge in [0.15, 0.2) is 0 Å². The first-order valence-electron chi connectivity index (χ1n) is 5.37. The lowest BCUT2D eigenvalue weighted by Gasteiger charge is -2.11. The number of thiophene rings is 1. The highest BCUT2D eigenvalue weighted by Gasteiger charge is 2.43. The summed E-state index contributed by atoms with van der Waals surface area (Å²) < 4.78 is 14.7. The molecule has 3 rings (SSSR count). The minimum absolute atomic E-state index is 0.223. The third-order valence-electron chi connectivity index (χ3n) is 3.27. The topological polar surface area (TPSA) is 55.1 Å². The molecule has 0 aromatic carbocycles. The second-order valence-electron chi connectivity index (χ2n) is 4.61. The molecule has 4 nitrogen and oxygen atoms in total. The van der Waals surface area contributed by atoms with E-state index in [0.29, 0.717) is 11.4 Å². The average Bonchev–Trinajstić information content (AvgIpc) is 2.79. The molecule has 0 amide bonds. The molecule has 6 heteroatoms. The van der Waals surface area contributed by atoms with E-state index in [4.69, 9.17) is 5.11 Å². The quantitative estimate of drug-likeness (QED) is 0.912. The molecule has 2 aromatic rings. The van der Waals surface area contributed by atoms with Gasteiger partial charge in [0.2, 0.25) is 0 Å². The first-order valence-corrected chi connectivity index (χ1v) is 6.19. The molecule has 0 spiro atoms. The second kappa shape index (κ2) is 3.53. The largest absolute Gasteiger partial charge is 0.477 e. The molecule has 17 heavy (non-hydrogen) atoms. The summed E-state index contributed by atoms with van der Waals surface area (Å²) in [5.74, 6) is -0.939. The van der Waals surface area contributed by atoms with Gasteiger partial charge in [-0.25, -0.2) is 9.78 Å². The van der Waals surface area contributed by atoms with E-state index in [1.54, 1.807) is 12.4 Å². The number of hydrogen-bond acceptors (Lipinski definition) is 3. The van der Waals surface area contributed by atoms with E-state index in [-0.39, 0.29) is 17.0 Å². The molecule has 1 aliphatic carbocycles. The van der Waals surface area contributed by atoms with Crippen LogP contribution in [0.25, 0.3) is 10.3 Å². The molecule has 1 N–H and O–H groups in total. The van der Waals surface area contributed by atoms with Gasteiger partial charge in [-0.2, -0.15) is 0 Å². The van der Waals surface area contributed by atoms with E-state index in [0.717, 1.165) is 29.7 Å². The molecule has 1 aliphatic rings. The lowest BCUT2D eigenvalue weighted by atomic mass is 10.1. The van der Waals surface area contributed by atoms with Gasteiger partial charge in [0.05, 0.1) is 18.5 Å². The van der Waals surface area contributed by atoms with Crippen molar-refractivity contribution in [2.24, 2.45) is 5.41 Å². The maximum Gasteiger partial charge on any atom is 0.346 e. The Kier molecular flexibility index (Phi) is 2.22. The van der Waals surface area contributed by atoms with Crippen molar-refractivity contribution in [1.82, 2.24) is 9.55 Å². The molecule has 0 bridgehead atoms. The van der Waals surface area contributed by atoms with Gasteiger partial charge in [0.1, 0.15) is 9.71 Å². The molecule has 0 radical (unpaired) electrons. The number of aromatic carboxylic acids is 1. The van der Waals surface area contributed by atoms with Crippen molar-refractivity contribution in [2.45, 2.75) is 19.4 Å². The van der Waals surface area contributed by atoms with E-state index in [9.17, 15) is 9.18 Å². The Bertz CT molecular complexity index is 585. The number of rotatable bonds is 4. The lowest BCUT2D eigenvalue weighted by molar-refractivity contribution is 0.0702. The van der Waals surface area contributed by atoms with Gasteiger partial charge in [-0.15, -0.1) is 11.3 Å². The zero-order chi connectivity index (χ0) is 12.0. The number of aromatic nitrogens is 2. The van der Waals surface area contributed by atoms with E-state index >= 15 is 0 Å². The van der Waals surface area contributed by atoms with Crippen LogP contribution in [0.4, 0.5) is 4.39 Å². The Morgan fingerprint density at radius 1 is 1.65 bits per heavy atom. The Hall–Kier alpha value is -1.43. The van der Waals surface area contributed by atoms with Gasteiger partial charge in [0, 0.05) is 12.0 Å². The first kappa shape index (κ1) is 10.7. The van der Waals surface area contributed by atoms with E-state index in [2.05, 4.69) is 4.98 Å². The second-order valence-corrected chi connectivity index (χ2v) is 5.64. The molecule has 0 unspecified atom stereocenters. The standard InChI is InChI=1S/C11H11FN2O2S/c12-4-11(1-2-11)5-14-6-13-9-7(14)3-8(17-9)10(15)16/h3,6H,1-2,4-5H2,(H,15,16). The number of hydrogen-bond donors (Lipinski definition) is 1. The number of fused-ring (bicyclic) bond motifs is 1. The van der Waals surface area contributed by atoms with Crippen LogP contribution in [0.15, 0.2) is 12.4 Å². The molecule has 0 saturated heterocycles. The SMILES string of the molecule is O=C(O)c1cc2c(ncn2CC2(CF)CC2)s1.